The zero-order valence-electron chi connectivity index (χ0n) is 6.17. The molecule has 1 rings (SSSR count). The molecule has 0 saturated heterocycles. The van der Waals surface area contributed by atoms with Gasteiger partial charge in [-0.1, -0.05) is 42.6 Å². The average Bonchev–Trinajstić information content (AvgIpc) is 2.05. The highest BCUT2D eigenvalue weighted by molar-refractivity contribution is 6.59. The fraction of sp³-hybridized carbons (Fsp3) is 0.111. The van der Waals surface area contributed by atoms with E-state index in [0.29, 0.717) is 0 Å². The van der Waals surface area contributed by atoms with Crippen LogP contribution in [0.15, 0.2) is 36.9 Å². The van der Waals surface area contributed by atoms with Crippen LogP contribution in [0.4, 0.5) is 0 Å². The third-order valence-electron chi connectivity index (χ3n) is 1.49. The van der Waals surface area contributed by atoms with Crippen molar-refractivity contribution in [2.45, 2.75) is 6.82 Å². The summed E-state index contributed by atoms with van der Waals surface area (Å²) in [5.41, 5.74) is 2.28. The zero-order valence-corrected chi connectivity index (χ0v) is 6.17. The lowest BCUT2D eigenvalue weighted by Gasteiger charge is -1.98. The fourth-order valence-corrected chi connectivity index (χ4v) is 0.819. The van der Waals surface area contributed by atoms with Gasteiger partial charge in [-0.2, -0.15) is 0 Å². The highest BCUT2D eigenvalue weighted by atomic mass is 13.9. The minimum Gasteiger partial charge on any atom is -0.105 e. The first-order valence-electron chi connectivity index (χ1n) is 3.38. The van der Waals surface area contributed by atoms with Gasteiger partial charge < -0.3 is 0 Å². The molecule has 0 aliphatic rings. The lowest BCUT2D eigenvalue weighted by molar-refractivity contribution is 1.65. The van der Waals surface area contributed by atoms with Crippen molar-refractivity contribution < 1.29 is 0 Å². The summed E-state index contributed by atoms with van der Waals surface area (Å²) in [6.07, 6.45) is 0. The van der Waals surface area contributed by atoms with Gasteiger partial charge in [-0.3, -0.25) is 0 Å². The van der Waals surface area contributed by atoms with E-state index in [1.807, 2.05) is 32.3 Å². The zero-order chi connectivity index (χ0) is 7.40. The van der Waals surface area contributed by atoms with E-state index in [0.717, 1.165) is 5.47 Å². The molecule has 0 aliphatic carbocycles. The molecule has 0 spiro atoms. The molecule has 0 aliphatic heterocycles. The summed E-state index contributed by atoms with van der Waals surface area (Å²) in [4.78, 5) is 0. The Labute approximate surface area is 62.8 Å². The van der Waals surface area contributed by atoms with Crippen LogP contribution in [0.1, 0.15) is 5.56 Å². The number of rotatable bonds is 2. The van der Waals surface area contributed by atoms with Crippen LogP contribution in [0.25, 0.3) is 5.47 Å². The first kappa shape index (κ1) is 7.14. The van der Waals surface area contributed by atoms with E-state index in [9.17, 15) is 0 Å². The van der Waals surface area contributed by atoms with Crippen LogP contribution in [0.5, 0.6) is 0 Å². The van der Waals surface area contributed by atoms with Crippen LogP contribution in [0.2, 0.25) is 6.82 Å². The number of benzene rings is 1. The highest BCUT2D eigenvalue weighted by Gasteiger charge is 1.92. The van der Waals surface area contributed by atoms with Crippen molar-refractivity contribution in [1.82, 2.24) is 0 Å². The second-order valence-electron chi connectivity index (χ2n) is 2.18. The van der Waals surface area contributed by atoms with Gasteiger partial charge in [0.1, 0.15) is 7.28 Å². The molecule has 0 unspecified atom stereocenters. The van der Waals surface area contributed by atoms with E-state index in [1.165, 1.54) is 5.56 Å². The molecule has 0 N–H and O–H groups in total. The summed E-state index contributed by atoms with van der Waals surface area (Å²) in [6.45, 7) is 5.88. The van der Waals surface area contributed by atoms with Gasteiger partial charge in [0.15, 0.2) is 0 Å². The Morgan fingerprint density at radius 2 is 1.90 bits per heavy atom. The Bertz CT molecular complexity index is 213. The third-order valence-corrected chi connectivity index (χ3v) is 1.49. The predicted octanol–water partition coefficient (Wildman–Crippen LogP) is 2.41. The minimum atomic E-state index is 1.08. The summed E-state index contributed by atoms with van der Waals surface area (Å²) in [7, 11) is 2.01. The van der Waals surface area contributed by atoms with Crippen LogP contribution in [0, 0.1) is 0 Å². The fourth-order valence-electron chi connectivity index (χ4n) is 0.819. The van der Waals surface area contributed by atoms with Gasteiger partial charge in [-0.25, -0.2) is 0 Å². The van der Waals surface area contributed by atoms with Crippen molar-refractivity contribution in [3.63, 3.8) is 0 Å². The van der Waals surface area contributed by atoms with E-state index in [4.69, 9.17) is 0 Å². The predicted molar refractivity (Wildman–Crippen MR) is 47.1 cm³/mol. The van der Waals surface area contributed by atoms with E-state index >= 15 is 0 Å². The summed E-state index contributed by atoms with van der Waals surface area (Å²) >= 11 is 0. The van der Waals surface area contributed by atoms with E-state index in [-0.39, 0.29) is 0 Å². The average molecular weight is 129 g/mol. The quantitative estimate of drug-likeness (QED) is 0.538. The summed E-state index contributed by atoms with van der Waals surface area (Å²) in [5.74, 6) is 0. The van der Waals surface area contributed by atoms with Crippen LogP contribution in [-0.2, 0) is 0 Å². The lowest BCUT2D eigenvalue weighted by atomic mass is 9.70. The Kier molecular flexibility index (Phi) is 2.32. The van der Waals surface area contributed by atoms with Crippen molar-refractivity contribution in [2.75, 3.05) is 0 Å². The molecule has 0 nitrogen and oxygen atoms in total. The summed E-state index contributed by atoms with van der Waals surface area (Å²) in [5, 5.41) is 0. The first-order valence-corrected chi connectivity index (χ1v) is 3.38. The third kappa shape index (κ3) is 1.50. The molecule has 0 saturated carbocycles. The maximum absolute atomic E-state index is 3.89. The van der Waals surface area contributed by atoms with Gasteiger partial charge in [-0.05, 0) is 5.56 Å². The van der Waals surface area contributed by atoms with Gasteiger partial charge in [0.2, 0.25) is 0 Å². The van der Waals surface area contributed by atoms with E-state index in [1.54, 1.807) is 0 Å². The number of hydrogen-bond donors (Lipinski definition) is 0. The smallest absolute Gasteiger partial charge is 0.105 e. The van der Waals surface area contributed by atoms with Crippen LogP contribution >= 0.6 is 0 Å². The molecule has 0 bridgehead atoms. The monoisotopic (exact) mass is 129 g/mol. The van der Waals surface area contributed by atoms with Crippen LogP contribution in [0.3, 0.4) is 0 Å². The maximum Gasteiger partial charge on any atom is 0.148 e. The molecular formula is C9H10B. The van der Waals surface area contributed by atoms with E-state index in [2.05, 4.69) is 18.7 Å². The van der Waals surface area contributed by atoms with Gasteiger partial charge >= 0.3 is 0 Å². The van der Waals surface area contributed by atoms with Crippen molar-refractivity contribution in [1.29, 1.82) is 0 Å². The Hall–Kier alpha value is -0.975. The largest absolute Gasteiger partial charge is 0.148 e. The first-order chi connectivity index (χ1) is 4.84. The second-order valence-corrected chi connectivity index (χ2v) is 2.18. The molecule has 1 aromatic rings. The molecule has 49 valence electrons. The molecule has 1 heteroatoms. The molecule has 1 aromatic carbocycles. The van der Waals surface area contributed by atoms with E-state index < -0.39 is 0 Å². The Balaban J connectivity index is 2.85. The summed E-state index contributed by atoms with van der Waals surface area (Å²) < 4.78 is 0. The highest BCUT2D eigenvalue weighted by Crippen LogP contribution is 2.08. The molecule has 10 heavy (non-hydrogen) atoms. The Morgan fingerprint density at radius 1 is 1.30 bits per heavy atom. The standard InChI is InChI=1S/C9H10B/c1-8(10-2)9-6-4-3-5-7-9/h3-7H,1H2,2H3. The van der Waals surface area contributed by atoms with Gasteiger partial charge in [0.25, 0.3) is 0 Å². The molecule has 1 radical (unpaired) electrons. The molecule has 0 amide bonds. The maximum atomic E-state index is 3.89. The molecule has 0 fully saturated rings. The van der Waals surface area contributed by atoms with Crippen molar-refractivity contribution in [3.8, 4) is 0 Å². The SMILES string of the molecule is C=C([B]C)c1ccccc1. The number of hydrogen-bond acceptors (Lipinski definition) is 0. The van der Waals surface area contributed by atoms with Gasteiger partial charge in [0.05, 0.1) is 0 Å². The normalized spacial score (nSPS) is 8.90. The molecular weight excluding hydrogens is 119 g/mol. The van der Waals surface area contributed by atoms with Crippen LogP contribution < -0.4 is 0 Å². The minimum absolute atomic E-state index is 1.08. The summed E-state index contributed by atoms with van der Waals surface area (Å²) in [6, 6.07) is 10.2. The second kappa shape index (κ2) is 3.26. The molecule has 0 aromatic heterocycles. The van der Waals surface area contributed by atoms with Crippen molar-refractivity contribution in [3.05, 3.63) is 42.5 Å². The Morgan fingerprint density at radius 3 is 2.40 bits per heavy atom. The van der Waals surface area contributed by atoms with Gasteiger partial charge in [-0.15, -0.1) is 6.58 Å². The molecule has 0 atom stereocenters. The lowest BCUT2D eigenvalue weighted by Crippen LogP contribution is -1.86. The topological polar surface area (TPSA) is 0 Å². The van der Waals surface area contributed by atoms with Crippen molar-refractivity contribution >= 4 is 12.8 Å². The van der Waals surface area contributed by atoms with Crippen molar-refractivity contribution in [2.24, 2.45) is 0 Å². The molecule has 0 heterocycles. The van der Waals surface area contributed by atoms with Crippen LogP contribution in [-0.4, -0.2) is 7.28 Å². The van der Waals surface area contributed by atoms with Gasteiger partial charge in [0, 0.05) is 0 Å².